The number of carbonyl (C=O) groups excluding carboxylic acids is 2. The van der Waals surface area contributed by atoms with Gasteiger partial charge in [0.15, 0.2) is 0 Å². The SMILES string of the molecule is CN(C)S(=O)(=O)c1ccc(C(=O)OCc2ccc(C(=O)N3CCCC3)cc2)cc1. The lowest BCUT2D eigenvalue weighted by Gasteiger charge is -2.15. The van der Waals surface area contributed by atoms with Gasteiger partial charge in [0.05, 0.1) is 10.5 Å². The average Bonchev–Trinajstić information content (AvgIpc) is 3.26. The van der Waals surface area contributed by atoms with Crippen molar-refractivity contribution in [1.82, 2.24) is 9.21 Å². The molecule has 0 N–H and O–H groups in total. The minimum Gasteiger partial charge on any atom is -0.457 e. The molecule has 1 aliphatic rings. The van der Waals surface area contributed by atoms with Gasteiger partial charge in [-0.25, -0.2) is 17.5 Å². The molecule has 0 saturated carbocycles. The van der Waals surface area contributed by atoms with Gasteiger partial charge in [-0.15, -0.1) is 0 Å². The van der Waals surface area contributed by atoms with Crippen LogP contribution in [-0.4, -0.2) is 56.7 Å². The fourth-order valence-corrected chi connectivity index (χ4v) is 3.95. The summed E-state index contributed by atoms with van der Waals surface area (Å²) in [6.45, 7) is 1.66. The first-order valence-electron chi connectivity index (χ1n) is 9.37. The van der Waals surface area contributed by atoms with Crippen LogP contribution in [0.15, 0.2) is 53.4 Å². The molecule has 0 aliphatic carbocycles. The second-order valence-corrected chi connectivity index (χ2v) is 9.24. The Kier molecular flexibility index (Phi) is 6.34. The van der Waals surface area contributed by atoms with Crippen molar-refractivity contribution >= 4 is 21.9 Å². The number of hydrogen-bond acceptors (Lipinski definition) is 5. The van der Waals surface area contributed by atoms with Crippen molar-refractivity contribution < 1.29 is 22.7 Å². The van der Waals surface area contributed by atoms with E-state index >= 15 is 0 Å². The molecule has 3 rings (SSSR count). The van der Waals surface area contributed by atoms with Crippen LogP contribution in [0.1, 0.15) is 39.1 Å². The van der Waals surface area contributed by atoms with E-state index in [1.165, 1.54) is 38.4 Å². The zero-order chi connectivity index (χ0) is 21.0. The highest BCUT2D eigenvalue weighted by molar-refractivity contribution is 7.89. The molecule has 1 aliphatic heterocycles. The zero-order valence-electron chi connectivity index (χ0n) is 16.5. The van der Waals surface area contributed by atoms with E-state index < -0.39 is 16.0 Å². The summed E-state index contributed by atoms with van der Waals surface area (Å²) < 4.78 is 30.5. The van der Waals surface area contributed by atoms with Crippen LogP contribution in [0.25, 0.3) is 0 Å². The maximum Gasteiger partial charge on any atom is 0.338 e. The summed E-state index contributed by atoms with van der Waals surface area (Å²) in [6, 6.07) is 12.6. The van der Waals surface area contributed by atoms with Crippen LogP contribution < -0.4 is 0 Å². The highest BCUT2D eigenvalue weighted by Crippen LogP contribution is 2.16. The highest BCUT2D eigenvalue weighted by Gasteiger charge is 2.20. The molecular formula is C21H24N2O5S. The number of nitrogens with zero attached hydrogens (tertiary/aromatic N) is 2. The van der Waals surface area contributed by atoms with Crippen LogP contribution in [0, 0.1) is 0 Å². The number of likely N-dealkylation sites (tertiary alicyclic amines) is 1. The number of amides is 1. The summed E-state index contributed by atoms with van der Waals surface area (Å²) in [5, 5.41) is 0. The summed E-state index contributed by atoms with van der Waals surface area (Å²) in [5.74, 6) is -0.519. The quantitative estimate of drug-likeness (QED) is 0.676. The molecule has 2 aromatic carbocycles. The Balaban J connectivity index is 1.58. The van der Waals surface area contributed by atoms with E-state index in [4.69, 9.17) is 4.74 Å². The number of esters is 1. The smallest absolute Gasteiger partial charge is 0.338 e. The molecule has 1 heterocycles. The van der Waals surface area contributed by atoms with Crippen molar-refractivity contribution in [2.24, 2.45) is 0 Å². The monoisotopic (exact) mass is 416 g/mol. The lowest BCUT2D eigenvalue weighted by molar-refractivity contribution is 0.0472. The predicted octanol–water partition coefficient (Wildman–Crippen LogP) is 2.53. The van der Waals surface area contributed by atoms with Gasteiger partial charge in [0.25, 0.3) is 5.91 Å². The molecule has 0 aromatic heterocycles. The van der Waals surface area contributed by atoms with E-state index in [0.29, 0.717) is 5.56 Å². The Labute approximate surface area is 170 Å². The molecule has 0 atom stereocenters. The van der Waals surface area contributed by atoms with Gasteiger partial charge < -0.3 is 9.64 Å². The van der Waals surface area contributed by atoms with E-state index in [0.717, 1.165) is 35.8 Å². The molecule has 0 bridgehead atoms. The Morgan fingerprint density at radius 3 is 2.03 bits per heavy atom. The van der Waals surface area contributed by atoms with Gasteiger partial charge in [-0.2, -0.15) is 0 Å². The van der Waals surface area contributed by atoms with Crippen molar-refractivity contribution in [2.45, 2.75) is 24.3 Å². The Bertz CT molecular complexity index is 977. The Morgan fingerprint density at radius 2 is 1.48 bits per heavy atom. The van der Waals surface area contributed by atoms with Crippen molar-refractivity contribution in [1.29, 1.82) is 0 Å². The van der Waals surface area contributed by atoms with Gasteiger partial charge in [0.1, 0.15) is 6.61 Å². The summed E-state index contributed by atoms with van der Waals surface area (Å²) in [5.41, 5.74) is 1.66. The van der Waals surface area contributed by atoms with Gasteiger partial charge >= 0.3 is 5.97 Å². The second kappa shape index (κ2) is 8.75. The number of hydrogen-bond donors (Lipinski definition) is 0. The maximum absolute atomic E-state index is 12.3. The van der Waals surface area contributed by atoms with Crippen molar-refractivity contribution in [2.75, 3.05) is 27.2 Å². The van der Waals surface area contributed by atoms with E-state index in [1.54, 1.807) is 24.3 Å². The summed E-state index contributed by atoms with van der Waals surface area (Å²) in [7, 11) is -0.650. The van der Waals surface area contributed by atoms with Crippen molar-refractivity contribution in [3.8, 4) is 0 Å². The molecule has 0 unspecified atom stereocenters. The number of sulfonamides is 1. The third kappa shape index (κ3) is 4.83. The van der Waals surface area contributed by atoms with Gasteiger partial charge in [-0.1, -0.05) is 12.1 Å². The first-order chi connectivity index (χ1) is 13.8. The van der Waals surface area contributed by atoms with Crippen LogP contribution in [-0.2, 0) is 21.4 Å². The molecule has 29 heavy (non-hydrogen) atoms. The molecular weight excluding hydrogens is 392 g/mol. The minimum absolute atomic E-state index is 0.0267. The van der Waals surface area contributed by atoms with E-state index in [-0.39, 0.29) is 23.0 Å². The van der Waals surface area contributed by atoms with Gasteiger partial charge in [0, 0.05) is 32.7 Å². The van der Waals surface area contributed by atoms with Crippen molar-refractivity contribution in [3.05, 3.63) is 65.2 Å². The summed E-state index contributed by atoms with van der Waals surface area (Å²) in [4.78, 5) is 26.5. The number of benzene rings is 2. The average molecular weight is 416 g/mol. The van der Waals surface area contributed by atoms with Crippen LogP contribution in [0.3, 0.4) is 0 Å². The maximum atomic E-state index is 12.3. The lowest BCUT2D eigenvalue weighted by atomic mass is 10.1. The number of rotatable bonds is 6. The van der Waals surface area contributed by atoms with Gasteiger partial charge in [-0.3, -0.25) is 4.79 Å². The Morgan fingerprint density at radius 1 is 0.931 bits per heavy atom. The highest BCUT2D eigenvalue weighted by atomic mass is 32.2. The third-order valence-electron chi connectivity index (χ3n) is 4.83. The van der Waals surface area contributed by atoms with Crippen LogP contribution in [0.2, 0.25) is 0 Å². The molecule has 8 heteroatoms. The molecule has 1 fully saturated rings. The van der Waals surface area contributed by atoms with E-state index in [2.05, 4.69) is 0 Å². The number of carbonyl (C=O) groups is 2. The van der Waals surface area contributed by atoms with Crippen LogP contribution in [0.4, 0.5) is 0 Å². The normalized spacial score (nSPS) is 14.2. The first-order valence-corrected chi connectivity index (χ1v) is 10.8. The van der Waals surface area contributed by atoms with Gasteiger partial charge in [-0.05, 0) is 54.8 Å². The summed E-state index contributed by atoms with van der Waals surface area (Å²) in [6.07, 6.45) is 2.09. The van der Waals surface area contributed by atoms with Crippen LogP contribution >= 0.6 is 0 Å². The Hall–Kier alpha value is -2.71. The molecule has 1 saturated heterocycles. The molecule has 7 nitrogen and oxygen atoms in total. The second-order valence-electron chi connectivity index (χ2n) is 7.08. The standard InChI is InChI=1S/C21H24N2O5S/c1-22(2)29(26,27)19-11-9-18(10-12-19)21(25)28-15-16-5-7-17(8-6-16)20(24)23-13-3-4-14-23/h5-12H,3-4,13-15H2,1-2H3. The molecule has 0 spiro atoms. The fraction of sp³-hybridized carbons (Fsp3) is 0.333. The molecule has 154 valence electrons. The number of ether oxygens (including phenoxy) is 1. The molecule has 2 aromatic rings. The first kappa shape index (κ1) is 21.0. The van der Waals surface area contributed by atoms with Gasteiger partial charge in [0.2, 0.25) is 10.0 Å². The predicted molar refractivity (Wildman–Crippen MR) is 108 cm³/mol. The lowest BCUT2D eigenvalue weighted by Crippen LogP contribution is -2.27. The fourth-order valence-electron chi connectivity index (χ4n) is 3.05. The van der Waals surface area contributed by atoms with Crippen molar-refractivity contribution in [3.63, 3.8) is 0 Å². The van der Waals surface area contributed by atoms with E-state index in [9.17, 15) is 18.0 Å². The van der Waals surface area contributed by atoms with Crippen LogP contribution in [0.5, 0.6) is 0 Å². The summed E-state index contributed by atoms with van der Waals surface area (Å²) >= 11 is 0. The third-order valence-corrected chi connectivity index (χ3v) is 6.66. The minimum atomic E-state index is -3.54. The topological polar surface area (TPSA) is 84.0 Å². The largest absolute Gasteiger partial charge is 0.457 e. The zero-order valence-corrected chi connectivity index (χ0v) is 17.3. The molecule has 1 amide bonds. The van der Waals surface area contributed by atoms with E-state index in [1.807, 2.05) is 4.90 Å². The molecule has 0 radical (unpaired) electrons.